The summed E-state index contributed by atoms with van der Waals surface area (Å²) in [4.78, 5) is 35.2. The number of benzene rings is 2. The van der Waals surface area contributed by atoms with Gasteiger partial charge in [-0.2, -0.15) is 0 Å². The first-order valence-corrected chi connectivity index (χ1v) is 9.91. The number of rotatable bonds is 8. The zero-order chi connectivity index (χ0) is 21.4. The van der Waals surface area contributed by atoms with Crippen molar-refractivity contribution in [3.63, 3.8) is 0 Å². The molecule has 29 heavy (non-hydrogen) atoms. The molecule has 0 aliphatic rings. The minimum atomic E-state index is -4.07. The van der Waals surface area contributed by atoms with Crippen LogP contribution in [0.5, 0.6) is 0 Å². The van der Waals surface area contributed by atoms with Gasteiger partial charge in [0.15, 0.2) is 0 Å². The van der Waals surface area contributed by atoms with Gasteiger partial charge in [0.25, 0.3) is 5.91 Å². The van der Waals surface area contributed by atoms with Crippen LogP contribution in [0.15, 0.2) is 53.4 Å². The normalized spacial score (nSPS) is 10.8. The maximum absolute atomic E-state index is 12.5. The summed E-state index contributed by atoms with van der Waals surface area (Å²) >= 11 is 0. The predicted molar refractivity (Wildman–Crippen MR) is 103 cm³/mol. The molecule has 2 N–H and O–H groups in total. The van der Waals surface area contributed by atoms with E-state index in [1.54, 1.807) is 30.3 Å². The van der Waals surface area contributed by atoms with E-state index in [0.717, 1.165) is 26.4 Å². The first-order valence-electron chi connectivity index (χ1n) is 8.43. The van der Waals surface area contributed by atoms with Gasteiger partial charge in [0.05, 0.1) is 30.2 Å². The van der Waals surface area contributed by atoms with Crippen molar-refractivity contribution in [2.75, 3.05) is 27.3 Å². The topological polar surface area (TPSA) is 128 Å². The molecule has 9 nitrogen and oxygen atoms in total. The van der Waals surface area contributed by atoms with Crippen LogP contribution in [-0.2, 0) is 19.5 Å². The first kappa shape index (κ1) is 22.1. The molecule has 2 aromatic rings. The van der Waals surface area contributed by atoms with E-state index >= 15 is 0 Å². The quantitative estimate of drug-likeness (QED) is 0.481. The molecule has 154 valence electrons. The maximum atomic E-state index is 12.5. The summed E-state index contributed by atoms with van der Waals surface area (Å²) in [6.45, 7) is -0.0651. The molecule has 0 aliphatic carbocycles. The van der Waals surface area contributed by atoms with Crippen LogP contribution in [0.1, 0.15) is 31.1 Å². The molecule has 0 saturated carbocycles. The summed E-state index contributed by atoms with van der Waals surface area (Å²) in [6, 6.07) is 11.8. The van der Waals surface area contributed by atoms with E-state index in [9.17, 15) is 22.8 Å². The Balaban J connectivity index is 2.10. The van der Waals surface area contributed by atoms with Gasteiger partial charge in [-0.15, -0.1) is 0 Å². The lowest BCUT2D eigenvalue weighted by Gasteiger charge is -2.11. The van der Waals surface area contributed by atoms with Crippen molar-refractivity contribution < 1.29 is 32.3 Å². The summed E-state index contributed by atoms with van der Waals surface area (Å²) in [7, 11) is -1.80. The molecule has 0 aromatic heterocycles. The second kappa shape index (κ2) is 9.80. The van der Waals surface area contributed by atoms with Crippen molar-refractivity contribution in [3.05, 3.63) is 65.2 Å². The lowest BCUT2D eigenvalue weighted by molar-refractivity contribution is 0.0598. The molecule has 2 aromatic carbocycles. The van der Waals surface area contributed by atoms with Gasteiger partial charge in [-0.05, 0) is 30.3 Å². The van der Waals surface area contributed by atoms with Crippen molar-refractivity contribution in [1.82, 2.24) is 10.0 Å². The van der Waals surface area contributed by atoms with E-state index in [2.05, 4.69) is 19.5 Å². The van der Waals surface area contributed by atoms with Gasteiger partial charge in [0, 0.05) is 18.7 Å². The lowest BCUT2D eigenvalue weighted by Crippen LogP contribution is -2.34. The van der Waals surface area contributed by atoms with Crippen LogP contribution in [0.3, 0.4) is 0 Å². The van der Waals surface area contributed by atoms with Crippen molar-refractivity contribution in [2.24, 2.45) is 0 Å². The number of ether oxygens (including phenoxy) is 2. The number of methoxy groups -OCH3 is 2. The Hall–Kier alpha value is -3.24. The smallest absolute Gasteiger partial charge is 0.337 e. The Labute approximate surface area is 168 Å². The number of sulfonamides is 1. The summed E-state index contributed by atoms with van der Waals surface area (Å²) in [5.41, 5.74) is 0.213. The van der Waals surface area contributed by atoms with E-state index in [1.807, 2.05) is 0 Å². The van der Waals surface area contributed by atoms with Crippen LogP contribution in [0.4, 0.5) is 0 Å². The number of hydrogen-bond donors (Lipinski definition) is 2. The van der Waals surface area contributed by atoms with Crippen molar-refractivity contribution in [1.29, 1.82) is 0 Å². The SMILES string of the molecule is COC(=O)c1cc(C(=O)OC)cc(S(=O)(=O)NCCNC(=O)c2ccccc2)c1. The molecule has 10 heteroatoms. The summed E-state index contributed by atoms with van der Waals surface area (Å²) < 4.78 is 36.6. The fourth-order valence-corrected chi connectivity index (χ4v) is 3.46. The van der Waals surface area contributed by atoms with Gasteiger partial charge in [0.2, 0.25) is 10.0 Å². The standard InChI is InChI=1S/C19H20N2O7S/c1-27-18(23)14-10-15(19(24)28-2)12-16(11-14)29(25,26)21-9-8-20-17(22)13-6-4-3-5-7-13/h3-7,10-12,21H,8-9H2,1-2H3,(H,20,22). The Morgan fingerprint density at radius 3 is 1.90 bits per heavy atom. The number of carbonyl (C=O) groups is 3. The number of esters is 2. The molecule has 0 unspecified atom stereocenters. The van der Waals surface area contributed by atoms with Crippen molar-refractivity contribution in [2.45, 2.75) is 4.90 Å². The Morgan fingerprint density at radius 2 is 1.38 bits per heavy atom. The Bertz CT molecular complexity index is 970. The van der Waals surface area contributed by atoms with E-state index in [1.165, 1.54) is 6.07 Å². The van der Waals surface area contributed by atoms with Gasteiger partial charge in [-0.1, -0.05) is 18.2 Å². The summed E-state index contributed by atoms with van der Waals surface area (Å²) in [6.07, 6.45) is 0. The summed E-state index contributed by atoms with van der Waals surface area (Å²) in [5.74, 6) is -1.95. The molecule has 0 saturated heterocycles. The molecule has 0 radical (unpaired) electrons. The molecule has 0 atom stereocenters. The second-order valence-corrected chi connectivity index (χ2v) is 7.52. The van der Waals surface area contributed by atoms with Gasteiger partial charge in [0.1, 0.15) is 0 Å². The number of amides is 1. The molecule has 0 aliphatic heterocycles. The molecule has 0 spiro atoms. The fraction of sp³-hybridized carbons (Fsp3) is 0.211. The van der Waals surface area contributed by atoms with Crippen LogP contribution < -0.4 is 10.0 Å². The van der Waals surface area contributed by atoms with Gasteiger partial charge in [-0.3, -0.25) is 4.79 Å². The van der Waals surface area contributed by atoms with E-state index in [0.29, 0.717) is 5.56 Å². The minimum absolute atomic E-state index is 0.0352. The highest BCUT2D eigenvalue weighted by molar-refractivity contribution is 7.89. The summed E-state index contributed by atoms with van der Waals surface area (Å²) in [5, 5.41) is 2.59. The van der Waals surface area contributed by atoms with Crippen LogP contribution in [0, 0.1) is 0 Å². The predicted octanol–water partition coefficient (Wildman–Crippen LogP) is 0.968. The zero-order valence-electron chi connectivity index (χ0n) is 15.8. The highest BCUT2D eigenvalue weighted by Crippen LogP contribution is 2.17. The molecule has 2 rings (SSSR count). The third-order valence-electron chi connectivity index (χ3n) is 3.80. The van der Waals surface area contributed by atoms with E-state index in [-0.39, 0.29) is 35.0 Å². The van der Waals surface area contributed by atoms with Gasteiger partial charge in [-0.25, -0.2) is 22.7 Å². The van der Waals surface area contributed by atoms with E-state index < -0.39 is 22.0 Å². The van der Waals surface area contributed by atoms with Crippen molar-refractivity contribution in [3.8, 4) is 0 Å². The third kappa shape index (κ3) is 5.87. The van der Waals surface area contributed by atoms with Crippen molar-refractivity contribution >= 4 is 27.9 Å². The molecule has 0 bridgehead atoms. The average Bonchev–Trinajstić information content (AvgIpc) is 2.75. The largest absolute Gasteiger partial charge is 0.465 e. The van der Waals surface area contributed by atoms with Crippen LogP contribution in [0.2, 0.25) is 0 Å². The number of hydrogen-bond acceptors (Lipinski definition) is 7. The lowest BCUT2D eigenvalue weighted by atomic mass is 10.1. The number of carbonyl (C=O) groups excluding carboxylic acids is 3. The third-order valence-corrected chi connectivity index (χ3v) is 5.24. The van der Waals surface area contributed by atoms with Crippen LogP contribution in [-0.4, -0.2) is 53.6 Å². The Morgan fingerprint density at radius 1 is 0.828 bits per heavy atom. The average molecular weight is 420 g/mol. The second-order valence-electron chi connectivity index (χ2n) is 5.75. The van der Waals surface area contributed by atoms with Crippen LogP contribution >= 0.6 is 0 Å². The van der Waals surface area contributed by atoms with Gasteiger partial charge < -0.3 is 14.8 Å². The number of nitrogens with one attached hydrogen (secondary N) is 2. The molecule has 0 heterocycles. The van der Waals surface area contributed by atoms with E-state index in [4.69, 9.17) is 0 Å². The highest BCUT2D eigenvalue weighted by Gasteiger charge is 2.21. The Kier molecular flexibility index (Phi) is 7.46. The van der Waals surface area contributed by atoms with Gasteiger partial charge >= 0.3 is 11.9 Å². The monoisotopic (exact) mass is 420 g/mol. The molecule has 0 fully saturated rings. The molecular formula is C19H20N2O7S. The maximum Gasteiger partial charge on any atom is 0.337 e. The fourth-order valence-electron chi connectivity index (χ4n) is 2.36. The minimum Gasteiger partial charge on any atom is -0.465 e. The molecular weight excluding hydrogens is 400 g/mol. The first-order chi connectivity index (χ1) is 13.8. The zero-order valence-corrected chi connectivity index (χ0v) is 16.6. The molecule has 1 amide bonds. The van der Waals surface area contributed by atoms with Crippen LogP contribution in [0.25, 0.3) is 0 Å². The highest BCUT2D eigenvalue weighted by atomic mass is 32.2.